The average Bonchev–Trinajstić information content (AvgIpc) is 2.81. The minimum atomic E-state index is -3.81. The van der Waals surface area contributed by atoms with E-state index < -0.39 is 39.3 Å². The van der Waals surface area contributed by atoms with E-state index in [0.29, 0.717) is 0 Å². The number of carbonyl (C=O) groups excluding carboxylic acids is 2. The molecule has 3 N–H and O–H groups in total. The van der Waals surface area contributed by atoms with Gasteiger partial charge in [-0.3, -0.25) is 0 Å². The number of sulfone groups is 1. The molecule has 0 saturated carbocycles. The van der Waals surface area contributed by atoms with Gasteiger partial charge in [0, 0.05) is 6.54 Å². The highest BCUT2D eigenvalue weighted by molar-refractivity contribution is 7.91. The third-order valence-corrected chi connectivity index (χ3v) is 5.48. The first kappa shape index (κ1) is 20.9. The Morgan fingerprint density at radius 3 is 2.40 bits per heavy atom. The van der Waals surface area contributed by atoms with Gasteiger partial charge in [-0.25, -0.2) is 18.0 Å². The number of rotatable bonds is 7. The Balaban J connectivity index is 2.85. The summed E-state index contributed by atoms with van der Waals surface area (Å²) in [4.78, 5) is 23.3. The van der Waals surface area contributed by atoms with Crippen LogP contribution < -0.4 is 11.1 Å². The third-order valence-electron chi connectivity index (χ3n) is 3.20. The van der Waals surface area contributed by atoms with Crippen molar-refractivity contribution < 1.29 is 32.0 Å². The zero-order valence-electron chi connectivity index (χ0n) is 14.8. The molecule has 142 valence electrons. The van der Waals surface area contributed by atoms with Gasteiger partial charge in [-0.2, -0.15) is 0 Å². The van der Waals surface area contributed by atoms with Gasteiger partial charge in [0.1, 0.15) is 16.5 Å². The van der Waals surface area contributed by atoms with Crippen LogP contribution in [0, 0.1) is 13.8 Å². The summed E-state index contributed by atoms with van der Waals surface area (Å²) in [5, 5.41) is 5.84. The van der Waals surface area contributed by atoms with Crippen molar-refractivity contribution in [3.05, 3.63) is 11.5 Å². The Morgan fingerprint density at radius 2 is 1.96 bits per heavy atom. The van der Waals surface area contributed by atoms with Crippen LogP contribution in [0.1, 0.15) is 25.3 Å². The number of alkyl carbamates (subject to hydrolysis) is 1. The zero-order valence-corrected chi connectivity index (χ0v) is 15.6. The summed E-state index contributed by atoms with van der Waals surface area (Å²) in [6.45, 7) is 5.65. The Hall–Kier alpha value is -2.14. The lowest BCUT2D eigenvalue weighted by Crippen LogP contribution is -2.49. The summed E-state index contributed by atoms with van der Waals surface area (Å²) in [6, 6.07) is -1.09. The van der Waals surface area contributed by atoms with Crippen molar-refractivity contribution in [3.8, 4) is 0 Å². The lowest BCUT2D eigenvalue weighted by Gasteiger charge is -2.26. The largest absolute Gasteiger partial charge is 0.467 e. The third kappa shape index (κ3) is 5.43. The van der Waals surface area contributed by atoms with E-state index in [9.17, 15) is 18.0 Å². The molecule has 1 amide bonds. The van der Waals surface area contributed by atoms with Crippen molar-refractivity contribution in [2.45, 2.75) is 44.2 Å². The fourth-order valence-corrected chi connectivity index (χ4v) is 4.34. The molecule has 0 spiro atoms. The first-order valence-corrected chi connectivity index (χ1v) is 9.01. The van der Waals surface area contributed by atoms with E-state index in [-0.39, 0.29) is 22.9 Å². The predicted molar refractivity (Wildman–Crippen MR) is 86.6 cm³/mol. The number of nitrogens with zero attached hydrogens (tertiary/aromatic N) is 1. The monoisotopic (exact) mass is 377 g/mol. The van der Waals surface area contributed by atoms with E-state index in [1.54, 1.807) is 0 Å². The molecule has 0 saturated heterocycles. The second kappa shape index (κ2) is 7.83. The Labute approximate surface area is 145 Å². The second-order valence-electron chi connectivity index (χ2n) is 6.02. The van der Waals surface area contributed by atoms with E-state index in [1.165, 1.54) is 27.7 Å². The van der Waals surface area contributed by atoms with Gasteiger partial charge in [0.25, 0.3) is 0 Å². The molecule has 0 aliphatic heterocycles. The molecule has 0 aromatic carbocycles. The van der Waals surface area contributed by atoms with Crippen LogP contribution in [-0.2, 0) is 24.1 Å². The molecular weight excluding hydrogens is 354 g/mol. The molecule has 1 atom stereocenters. The summed E-state index contributed by atoms with van der Waals surface area (Å²) in [7, 11) is -2.66. The molecule has 11 heteroatoms. The maximum Gasteiger partial charge on any atom is 0.408 e. The van der Waals surface area contributed by atoms with Crippen molar-refractivity contribution in [1.29, 1.82) is 0 Å². The summed E-state index contributed by atoms with van der Waals surface area (Å²) < 4.78 is 39.6. The highest BCUT2D eigenvalue weighted by Crippen LogP contribution is 2.24. The quantitative estimate of drug-likeness (QED) is 0.629. The van der Waals surface area contributed by atoms with E-state index >= 15 is 0 Å². The van der Waals surface area contributed by atoms with Crippen LogP contribution in [0.2, 0.25) is 0 Å². The molecule has 0 unspecified atom stereocenters. The van der Waals surface area contributed by atoms with Gasteiger partial charge in [-0.1, -0.05) is 5.16 Å². The van der Waals surface area contributed by atoms with E-state index in [0.717, 1.165) is 7.11 Å². The van der Waals surface area contributed by atoms with Gasteiger partial charge in [0.2, 0.25) is 0 Å². The number of hydrogen-bond acceptors (Lipinski definition) is 9. The summed E-state index contributed by atoms with van der Waals surface area (Å²) >= 11 is 0. The van der Waals surface area contributed by atoms with E-state index in [1.807, 2.05) is 0 Å². The summed E-state index contributed by atoms with van der Waals surface area (Å²) in [6.07, 6.45) is -0.986. The van der Waals surface area contributed by atoms with Crippen LogP contribution in [0.25, 0.3) is 0 Å². The zero-order chi connectivity index (χ0) is 19.4. The van der Waals surface area contributed by atoms with Crippen molar-refractivity contribution in [1.82, 2.24) is 10.5 Å². The molecule has 25 heavy (non-hydrogen) atoms. The van der Waals surface area contributed by atoms with Crippen LogP contribution in [-0.4, -0.2) is 56.7 Å². The topological polar surface area (TPSA) is 151 Å². The van der Waals surface area contributed by atoms with Crippen LogP contribution in [0.5, 0.6) is 0 Å². The first-order chi connectivity index (χ1) is 11.4. The van der Waals surface area contributed by atoms with E-state index in [4.69, 9.17) is 15.0 Å². The smallest absolute Gasteiger partial charge is 0.408 e. The molecule has 10 nitrogen and oxygen atoms in total. The molecule has 0 radical (unpaired) electrons. The molecule has 1 rings (SSSR count). The summed E-state index contributed by atoms with van der Waals surface area (Å²) in [5.41, 5.74) is 4.22. The number of amides is 1. The highest BCUT2D eigenvalue weighted by Gasteiger charge is 2.35. The van der Waals surface area contributed by atoms with Crippen molar-refractivity contribution in [2.75, 3.05) is 19.4 Å². The first-order valence-electron chi connectivity index (χ1n) is 7.36. The Bertz CT molecular complexity index is 720. The van der Waals surface area contributed by atoms with Gasteiger partial charge >= 0.3 is 12.1 Å². The molecule has 1 heterocycles. The Morgan fingerprint density at radius 1 is 1.36 bits per heavy atom. The maximum atomic E-state index is 12.6. The lowest BCUT2D eigenvalue weighted by atomic mass is 10.2. The van der Waals surface area contributed by atoms with Crippen molar-refractivity contribution in [2.24, 2.45) is 5.73 Å². The minimum Gasteiger partial charge on any atom is -0.467 e. The van der Waals surface area contributed by atoms with E-state index in [2.05, 4.69) is 15.2 Å². The lowest BCUT2D eigenvalue weighted by molar-refractivity contribution is -0.142. The minimum absolute atomic E-state index is 0.0287. The summed E-state index contributed by atoms with van der Waals surface area (Å²) in [5.74, 6) is -1.07. The van der Waals surface area contributed by atoms with Crippen molar-refractivity contribution in [3.63, 3.8) is 0 Å². The number of aromatic nitrogens is 1. The molecule has 1 aromatic heterocycles. The van der Waals surface area contributed by atoms with Gasteiger partial charge in [-0.15, -0.1) is 0 Å². The standard InChI is InChI=1S/C14H23N3O7S/c1-8-11(9(2)24-17-8)25(20,21)7-14(3,4)23-13(19)16-10(6-15)12(18)22-5/h10H,6-7,15H2,1-5H3,(H,16,19)/t10-/m0/s1. The van der Waals surface area contributed by atoms with Crippen LogP contribution in [0.4, 0.5) is 4.79 Å². The van der Waals surface area contributed by atoms with Gasteiger partial charge < -0.3 is 25.0 Å². The SMILES string of the molecule is COC(=O)[C@H](CN)NC(=O)OC(C)(C)CS(=O)(=O)c1c(C)noc1C. The van der Waals surface area contributed by atoms with Gasteiger partial charge in [0.05, 0.1) is 18.6 Å². The number of ether oxygens (including phenoxy) is 2. The molecule has 0 aliphatic rings. The molecule has 0 bridgehead atoms. The average molecular weight is 377 g/mol. The number of aryl methyl sites for hydroxylation is 2. The molecular formula is C14H23N3O7S. The molecule has 0 fully saturated rings. The second-order valence-corrected chi connectivity index (χ2v) is 7.94. The molecule has 1 aromatic rings. The number of esters is 1. The Kier molecular flexibility index (Phi) is 6.54. The number of nitrogens with two attached hydrogens (primary N) is 1. The number of hydrogen-bond donors (Lipinski definition) is 2. The molecule has 0 aliphatic carbocycles. The maximum absolute atomic E-state index is 12.6. The normalized spacial score (nSPS) is 13.2. The fourth-order valence-electron chi connectivity index (χ4n) is 2.26. The van der Waals surface area contributed by atoms with Crippen LogP contribution >= 0.6 is 0 Å². The highest BCUT2D eigenvalue weighted by atomic mass is 32.2. The van der Waals surface area contributed by atoms with Gasteiger partial charge in [0.15, 0.2) is 15.6 Å². The van der Waals surface area contributed by atoms with Gasteiger partial charge in [-0.05, 0) is 27.7 Å². The van der Waals surface area contributed by atoms with Crippen LogP contribution in [0.15, 0.2) is 9.42 Å². The predicted octanol–water partition coefficient (Wildman–Crippen LogP) is 0.0702. The van der Waals surface area contributed by atoms with Crippen molar-refractivity contribution >= 4 is 21.9 Å². The van der Waals surface area contributed by atoms with Crippen LogP contribution in [0.3, 0.4) is 0 Å². The number of carbonyl (C=O) groups is 2. The number of methoxy groups -OCH3 is 1. The number of nitrogens with one attached hydrogen (secondary N) is 1. The fraction of sp³-hybridized carbons (Fsp3) is 0.643.